The van der Waals surface area contributed by atoms with Crippen molar-refractivity contribution in [3.63, 3.8) is 0 Å². The first-order valence-corrected chi connectivity index (χ1v) is 5.36. The third kappa shape index (κ3) is 2.72. The second kappa shape index (κ2) is 4.99. The van der Waals surface area contributed by atoms with Gasteiger partial charge in [0.15, 0.2) is 0 Å². The van der Waals surface area contributed by atoms with Crippen molar-refractivity contribution in [3.8, 4) is 0 Å². The van der Waals surface area contributed by atoms with E-state index in [2.05, 4.69) is 30.4 Å². The first-order chi connectivity index (χ1) is 6.65. The minimum atomic E-state index is 0.531. The van der Waals surface area contributed by atoms with Crippen LogP contribution in [-0.2, 0) is 0 Å². The van der Waals surface area contributed by atoms with Gasteiger partial charge in [-0.15, -0.1) is 0 Å². The minimum Gasteiger partial charge on any atom is -0.348 e. The lowest BCUT2D eigenvalue weighted by Gasteiger charge is -2.06. The van der Waals surface area contributed by atoms with Crippen molar-refractivity contribution >= 4 is 5.57 Å². The number of allylic oxidation sites excluding steroid dienone is 1. The molecule has 0 spiro atoms. The zero-order chi connectivity index (χ0) is 10.6. The average molecular weight is 192 g/mol. The van der Waals surface area contributed by atoms with Crippen LogP contribution in [0, 0.1) is 0 Å². The highest BCUT2D eigenvalue weighted by atomic mass is 14.9. The molecule has 0 radical (unpaired) electrons. The van der Waals surface area contributed by atoms with Crippen LogP contribution in [0.2, 0.25) is 0 Å². The van der Waals surface area contributed by atoms with Crippen molar-refractivity contribution in [1.82, 2.24) is 9.97 Å². The SMILES string of the molecule is C=C(C)c1c[nH]c(C(C)CCCC)n1. The van der Waals surface area contributed by atoms with Crippen molar-refractivity contribution in [2.45, 2.75) is 46.0 Å². The number of aromatic amines is 1. The van der Waals surface area contributed by atoms with E-state index in [1.54, 1.807) is 0 Å². The van der Waals surface area contributed by atoms with Crippen molar-refractivity contribution in [3.05, 3.63) is 24.3 Å². The predicted molar refractivity (Wildman–Crippen MR) is 61.2 cm³/mol. The smallest absolute Gasteiger partial charge is 0.109 e. The van der Waals surface area contributed by atoms with Crippen molar-refractivity contribution in [1.29, 1.82) is 0 Å². The van der Waals surface area contributed by atoms with E-state index in [-0.39, 0.29) is 0 Å². The maximum Gasteiger partial charge on any atom is 0.109 e. The van der Waals surface area contributed by atoms with Gasteiger partial charge in [0.1, 0.15) is 5.82 Å². The van der Waals surface area contributed by atoms with Gasteiger partial charge in [0.2, 0.25) is 0 Å². The molecule has 0 aliphatic rings. The molecule has 0 saturated carbocycles. The topological polar surface area (TPSA) is 28.7 Å². The third-order valence-corrected chi connectivity index (χ3v) is 2.49. The third-order valence-electron chi connectivity index (χ3n) is 2.49. The number of imidazole rings is 1. The Balaban J connectivity index is 2.61. The summed E-state index contributed by atoms with van der Waals surface area (Å²) >= 11 is 0. The van der Waals surface area contributed by atoms with Gasteiger partial charge in [-0.25, -0.2) is 4.98 Å². The highest BCUT2D eigenvalue weighted by molar-refractivity contribution is 5.56. The molecule has 0 amide bonds. The number of hydrogen-bond donors (Lipinski definition) is 1. The maximum absolute atomic E-state index is 4.51. The van der Waals surface area contributed by atoms with Gasteiger partial charge in [0.25, 0.3) is 0 Å². The van der Waals surface area contributed by atoms with E-state index in [1.807, 2.05) is 13.1 Å². The number of nitrogens with zero attached hydrogens (tertiary/aromatic N) is 1. The summed E-state index contributed by atoms with van der Waals surface area (Å²) in [6.07, 6.45) is 5.67. The highest BCUT2D eigenvalue weighted by Crippen LogP contribution is 2.19. The number of hydrogen-bond acceptors (Lipinski definition) is 1. The quantitative estimate of drug-likeness (QED) is 0.756. The lowest BCUT2D eigenvalue weighted by molar-refractivity contribution is 0.600. The fraction of sp³-hybridized carbons (Fsp3) is 0.583. The van der Waals surface area contributed by atoms with E-state index in [0.29, 0.717) is 5.92 Å². The molecule has 1 N–H and O–H groups in total. The number of H-pyrrole nitrogens is 1. The number of unbranched alkanes of at least 4 members (excludes halogenated alkanes) is 1. The van der Waals surface area contributed by atoms with Crippen LogP contribution in [0.5, 0.6) is 0 Å². The van der Waals surface area contributed by atoms with Crippen LogP contribution in [0.4, 0.5) is 0 Å². The average Bonchev–Trinajstić information content (AvgIpc) is 2.62. The van der Waals surface area contributed by atoms with E-state index in [1.165, 1.54) is 19.3 Å². The van der Waals surface area contributed by atoms with E-state index in [9.17, 15) is 0 Å². The molecular weight excluding hydrogens is 172 g/mol. The van der Waals surface area contributed by atoms with Crippen LogP contribution in [0.3, 0.4) is 0 Å². The summed E-state index contributed by atoms with van der Waals surface area (Å²) < 4.78 is 0. The molecule has 0 aliphatic carbocycles. The molecule has 1 unspecified atom stereocenters. The van der Waals surface area contributed by atoms with Gasteiger partial charge in [-0.2, -0.15) is 0 Å². The molecular formula is C12H20N2. The molecule has 14 heavy (non-hydrogen) atoms. The number of nitrogens with one attached hydrogen (secondary N) is 1. The second-order valence-electron chi connectivity index (χ2n) is 3.99. The molecule has 0 bridgehead atoms. The molecule has 0 aliphatic heterocycles. The van der Waals surface area contributed by atoms with Crippen LogP contribution < -0.4 is 0 Å². The van der Waals surface area contributed by atoms with Gasteiger partial charge in [0, 0.05) is 12.1 Å². The Morgan fingerprint density at radius 2 is 2.36 bits per heavy atom. The van der Waals surface area contributed by atoms with E-state index in [4.69, 9.17) is 0 Å². The first-order valence-electron chi connectivity index (χ1n) is 5.36. The summed E-state index contributed by atoms with van der Waals surface area (Å²) in [5.74, 6) is 1.62. The largest absolute Gasteiger partial charge is 0.348 e. The standard InChI is InChI=1S/C12H20N2/c1-5-6-7-10(4)12-13-8-11(14-12)9(2)3/h8,10H,2,5-7H2,1,3-4H3,(H,13,14). The molecule has 0 fully saturated rings. The summed E-state index contributed by atoms with van der Waals surface area (Å²) in [6, 6.07) is 0. The van der Waals surface area contributed by atoms with E-state index >= 15 is 0 Å². The van der Waals surface area contributed by atoms with Gasteiger partial charge in [-0.3, -0.25) is 0 Å². The lowest BCUT2D eigenvalue weighted by atomic mass is 10.0. The Bertz CT molecular complexity index is 299. The normalized spacial score (nSPS) is 12.8. The van der Waals surface area contributed by atoms with Gasteiger partial charge >= 0.3 is 0 Å². The summed E-state index contributed by atoms with van der Waals surface area (Å²) in [7, 11) is 0. The van der Waals surface area contributed by atoms with Crippen LogP contribution in [0.1, 0.15) is 57.5 Å². The second-order valence-corrected chi connectivity index (χ2v) is 3.99. The van der Waals surface area contributed by atoms with Gasteiger partial charge in [0.05, 0.1) is 5.69 Å². The highest BCUT2D eigenvalue weighted by Gasteiger charge is 2.09. The summed E-state index contributed by atoms with van der Waals surface area (Å²) in [5, 5.41) is 0. The Labute approximate surface area is 86.5 Å². The molecule has 1 rings (SSSR count). The maximum atomic E-state index is 4.51. The molecule has 2 nitrogen and oxygen atoms in total. The van der Waals surface area contributed by atoms with Crippen LogP contribution in [0.15, 0.2) is 12.8 Å². The molecule has 0 saturated heterocycles. The molecule has 1 heterocycles. The molecule has 78 valence electrons. The van der Waals surface area contributed by atoms with Crippen LogP contribution >= 0.6 is 0 Å². The van der Waals surface area contributed by atoms with E-state index < -0.39 is 0 Å². The summed E-state index contributed by atoms with van der Waals surface area (Å²) in [5.41, 5.74) is 2.01. The number of rotatable bonds is 5. The Hall–Kier alpha value is -1.05. The Morgan fingerprint density at radius 1 is 1.64 bits per heavy atom. The Kier molecular flexibility index (Phi) is 3.93. The van der Waals surface area contributed by atoms with Gasteiger partial charge in [-0.1, -0.05) is 33.3 Å². The number of aromatic nitrogens is 2. The van der Waals surface area contributed by atoms with Gasteiger partial charge in [-0.05, 0) is 18.9 Å². The fourth-order valence-corrected chi connectivity index (χ4v) is 1.45. The predicted octanol–water partition coefficient (Wildman–Crippen LogP) is 3.74. The fourth-order valence-electron chi connectivity index (χ4n) is 1.45. The molecule has 1 aromatic rings. The van der Waals surface area contributed by atoms with Crippen molar-refractivity contribution < 1.29 is 0 Å². The first kappa shape index (κ1) is 11.0. The zero-order valence-electron chi connectivity index (χ0n) is 9.43. The molecule has 2 heteroatoms. The lowest BCUT2D eigenvalue weighted by Crippen LogP contribution is -1.96. The van der Waals surface area contributed by atoms with Crippen LogP contribution in [-0.4, -0.2) is 9.97 Å². The van der Waals surface area contributed by atoms with E-state index in [0.717, 1.165) is 17.1 Å². The minimum absolute atomic E-state index is 0.531. The zero-order valence-corrected chi connectivity index (χ0v) is 9.43. The molecule has 1 atom stereocenters. The van der Waals surface area contributed by atoms with Crippen LogP contribution in [0.25, 0.3) is 5.57 Å². The monoisotopic (exact) mass is 192 g/mol. The van der Waals surface area contributed by atoms with Crippen molar-refractivity contribution in [2.75, 3.05) is 0 Å². The summed E-state index contributed by atoms with van der Waals surface area (Å²) in [6.45, 7) is 10.3. The van der Waals surface area contributed by atoms with Crippen molar-refractivity contribution in [2.24, 2.45) is 0 Å². The van der Waals surface area contributed by atoms with Gasteiger partial charge < -0.3 is 4.98 Å². The Morgan fingerprint density at radius 3 is 2.86 bits per heavy atom. The summed E-state index contributed by atoms with van der Waals surface area (Å²) in [4.78, 5) is 7.73. The molecule has 0 aromatic carbocycles. The molecule has 1 aromatic heterocycles.